The van der Waals surface area contributed by atoms with Gasteiger partial charge in [0.1, 0.15) is 11.4 Å². The highest BCUT2D eigenvalue weighted by molar-refractivity contribution is 6.03. The van der Waals surface area contributed by atoms with Gasteiger partial charge in [-0.15, -0.1) is 0 Å². The van der Waals surface area contributed by atoms with Gasteiger partial charge in [-0.25, -0.2) is 0 Å². The van der Waals surface area contributed by atoms with E-state index >= 15 is 0 Å². The van der Waals surface area contributed by atoms with Gasteiger partial charge >= 0.3 is 0 Å². The average molecular weight is 424 g/mol. The summed E-state index contributed by atoms with van der Waals surface area (Å²) in [6.45, 7) is 2.91. The number of nitrogens with one attached hydrogen (secondary N) is 1. The van der Waals surface area contributed by atoms with Crippen molar-refractivity contribution in [2.45, 2.75) is 37.9 Å². The highest BCUT2D eigenvalue weighted by Crippen LogP contribution is 2.38. The van der Waals surface area contributed by atoms with Gasteiger partial charge in [-0.2, -0.15) is 0 Å². The van der Waals surface area contributed by atoms with Gasteiger partial charge in [-0.3, -0.25) is 15.1 Å². The first-order valence-electron chi connectivity index (χ1n) is 10.6. The maximum absolute atomic E-state index is 11.8. The van der Waals surface area contributed by atoms with E-state index in [1.165, 1.54) is 0 Å². The summed E-state index contributed by atoms with van der Waals surface area (Å²) in [5, 5.41) is 14.2. The fourth-order valence-electron chi connectivity index (χ4n) is 4.51. The second-order valence-corrected chi connectivity index (χ2v) is 8.13. The zero-order valence-corrected chi connectivity index (χ0v) is 18.2. The summed E-state index contributed by atoms with van der Waals surface area (Å²) in [7, 11) is 3.25. The van der Waals surface area contributed by atoms with Crippen molar-refractivity contribution in [1.82, 2.24) is 10.2 Å². The van der Waals surface area contributed by atoms with Gasteiger partial charge in [0.2, 0.25) is 5.91 Å². The van der Waals surface area contributed by atoms with Crippen LogP contribution in [0.4, 0.5) is 0 Å². The Bertz CT molecular complexity index is 996. The number of ether oxygens (including phenoxy) is 2. The van der Waals surface area contributed by atoms with E-state index in [2.05, 4.69) is 5.32 Å². The number of piperidine rings is 1. The van der Waals surface area contributed by atoms with Crippen molar-refractivity contribution in [2.75, 3.05) is 27.3 Å². The summed E-state index contributed by atoms with van der Waals surface area (Å²) in [4.78, 5) is 18.8. The molecule has 2 aromatic carbocycles. The minimum absolute atomic E-state index is 0.0178. The van der Waals surface area contributed by atoms with Gasteiger partial charge in [-0.1, -0.05) is 18.2 Å². The van der Waals surface area contributed by atoms with E-state index in [1.807, 2.05) is 41.3 Å². The quantitative estimate of drug-likeness (QED) is 0.789. The molecule has 7 heteroatoms. The van der Waals surface area contributed by atoms with Crippen molar-refractivity contribution in [1.29, 1.82) is 0 Å². The molecular formula is C24H29N3O4. The number of amides is 1. The number of hydrogen-bond acceptors (Lipinski definition) is 6. The van der Waals surface area contributed by atoms with Crippen LogP contribution >= 0.6 is 0 Å². The Hall–Kier alpha value is -3.06. The Kier molecular flexibility index (Phi) is 5.87. The monoisotopic (exact) mass is 423 g/mol. The van der Waals surface area contributed by atoms with E-state index in [-0.39, 0.29) is 17.7 Å². The molecule has 2 aliphatic heterocycles. The van der Waals surface area contributed by atoms with Crippen LogP contribution < -0.4 is 14.8 Å². The molecule has 0 aromatic heterocycles. The molecular weight excluding hydrogens is 394 g/mol. The van der Waals surface area contributed by atoms with Crippen LogP contribution in [0.3, 0.4) is 0 Å². The Morgan fingerprint density at radius 3 is 2.48 bits per heavy atom. The summed E-state index contributed by atoms with van der Waals surface area (Å²) in [5.74, 6) is 1.67. The number of hydrogen-bond donors (Lipinski definition) is 2. The van der Waals surface area contributed by atoms with E-state index in [4.69, 9.17) is 14.5 Å². The molecule has 1 amide bonds. The number of nitrogens with zero attached hydrogens (tertiary/aromatic N) is 2. The van der Waals surface area contributed by atoms with Crippen LogP contribution in [0.5, 0.6) is 17.2 Å². The van der Waals surface area contributed by atoms with Crippen molar-refractivity contribution in [3.63, 3.8) is 0 Å². The number of aliphatic imine (C=N–C) groups is 1. The van der Waals surface area contributed by atoms with E-state index in [1.54, 1.807) is 27.2 Å². The van der Waals surface area contributed by atoms with Gasteiger partial charge in [0.05, 0.1) is 14.2 Å². The van der Waals surface area contributed by atoms with E-state index in [0.717, 1.165) is 16.8 Å². The van der Waals surface area contributed by atoms with E-state index in [0.29, 0.717) is 43.9 Å². The van der Waals surface area contributed by atoms with Crippen LogP contribution in [-0.2, 0) is 4.79 Å². The number of likely N-dealkylation sites (tertiary alicyclic amines) is 1. The number of carbonyl (C=O) groups is 1. The van der Waals surface area contributed by atoms with Crippen LogP contribution in [0.1, 0.15) is 43.4 Å². The standard InChI is InChI=1S/C24H29N3O4/c1-16(28)27-12-10-24(11-13-27)25-19(17-8-9-22(30-2)23(14-17)31-3)15-20(26-24)18-6-4-5-7-21(18)29/h4-9,14,19,25,29H,10-13,15H2,1-3H3/t19-/m0/s1. The third-order valence-electron chi connectivity index (χ3n) is 6.25. The second-order valence-electron chi connectivity index (χ2n) is 8.13. The van der Waals surface area contributed by atoms with E-state index in [9.17, 15) is 9.90 Å². The predicted octanol–water partition coefficient (Wildman–Crippen LogP) is 3.27. The zero-order valence-electron chi connectivity index (χ0n) is 18.2. The third-order valence-corrected chi connectivity index (χ3v) is 6.25. The number of phenols is 1. The van der Waals surface area contributed by atoms with Crippen molar-refractivity contribution >= 4 is 11.6 Å². The summed E-state index contributed by atoms with van der Waals surface area (Å²) in [6.07, 6.45) is 2.06. The van der Waals surface area contributed by atoms with Crippen molar-refractivity contribution in [2.24, 2.45) is 4.99 Å². The maximum atomic E-state index is 11.8. The van der Waals surface area contributed by atoms with Gasteiger partial charge in [-0.05, 0) is 29.8 Å². The number of carbonyl (C=O) groups excluding carboxylic acids is 1. The molecule has 2 N–H and O–H groups in total. The number of benzene rings is 2. The fraction of sp³-hybridized carbons (Fsp3) is 0.417. The molecule has 4 rings (SSSR count). The summed E-state index contributed by atoms with van der Waals surface area (Å²) >= 11 is 0. The SMILES string of the molecule is COc1ccc([C@@H]2CC(c3ccccc3O)=NC3(CCN(C(C)=O)CC3)N2)cc1OC. The molecule has 0 aliphatic carbocycles. The Morgan fingerprint density at radius 2 is 1.84 bits per heavy atom. The lowest BCUT2D eigenvalue weighted by Crippen LogP contribution is -2.56. The smallest absolute Gasteiger partial charge is 0.219 e. The third kappa shape index (κ3) is 4.23. The number of aromatic hydroxyl groups is 1. The summed E-state index contributed by atoms with van der Waals surface area (Å²) < 4.78 is 10.9. The Balaban J connectivity index is 1.72. The lowest BCUT2D eigenvalue weighted by atomic mass is 9.87. The average Bonchev–Trinajstić information content (AvgIpc) is 2.78. The molecule has 0 radical (unpaired) electrons. The van der Waals surface area contributed by atoms with Gasteiger partial charge < -0.3 is 19.5 Å². The molecule has 1 fully saturated rings. The summed E-state index contributed by atoms with van der Waals surface area (Å²) in [6, 6.07) is 13.2. The molecule has 164 valence electrons. The highest BCUT2D eigenvalue weighted by atomic mass is 16.5. The lowest BCUT2D eigenvalue weighted by Gasteiger charge is -2.45. The largest absolute Gasteiger partial charge is 0.507 e. The first-order valence-corrected chi connectivity index (χ1v) is 10.6. The Labute approximate surface area is 182 Å². The normalized spacial score (nSPS) is 20.3. The second kappa shape index (κ2) is 8.59. The van der Waals surface area contributed by atoms with Crippen LogP contribution in [-0.4, -0.2) is 54.6 Å². The first-order chi connectivity index (χ1) is 14.9. The van der Waals surface area contributed by atoms with Crippen molar-refractivity contribution < 1.29 is 19.4 Å². The van der Waals surface area contributed by atoms with Crippen molar-refractivity contribution in [3.8, 4) is 17.2 Å². The number of rotatable bonds is 4. The topological polar surface area (TPSA) is 83.4 Å². The molecule has 7 nitrogen and oxygen atoms in total. The van der Waals surface area contributed by atoms with Gasteiger partial charge in [0, 0.05) is 56.6 Å². The molecule has 0 bridgehead atoms. The van der Waals surface area contributed by atoms with Crippen LogP contribution in [0, 0.1) is 0 Å². The lowest BCUT2D eigenvalue weighted by molar-refractivity contribution is -0.130. The first kappa shape index (κ1) is 21.2. The van der Waals surface area contributed by atoms with Gasteiger partial charge in [0.25, 0.3) is 0 Å². The molecule has 2 heterocycles. The predicted molar refractivity (Wildman–Crippen MR) is 119 cm³/mol. The highest BCUT2D eigenvalue weighted by Gasteiger charge is 2.41. The van der Waals surface area contributed by atoms with Gasteiger partial charge in [0.15, 0.2) is 11.5 Å². The number of methoxy groups -OCH3 is 2. The Morgan fingerprint density at radius 1 is 1.13 bits per heavy atom. The molecule has 0 saturated carbocycles. The minimum Gasteiger partial charge on any atom is -0.507 e. The zero-order chi connectivity index (χ0) is 22.0. The number of phenolic OH excluding ortho intramolecular Hbond substituents is 1. The van der Waals surface area contributed by atoms with Crippen LogP contribution in [0.25, 0.3) is 0 Å². The molecule has 1 atom stereocenters. The van der Waals surface area contributed by atoms with Crippen LogP contribution in [0.15, 0.2) is 47.5 Å². The molecule has 2 aromatic rings. The van der Waals surface area contributed by atoms with E-state index < -0.39 is 5.66 Å². The molecule has 1 spiro atoms. The maximum Gasteiger partial charge on any atom is 0.219 e. The fourth-order valence-corrected chi connectivity index (χ4v) is 4.51. The molecule has 0 unspecified atom stereocenters. The summed E-state index contributed by atoms with van der Waals surface area (Å²) in [5.41, 5.74) is 2.20. The van der Waals surface area contributed by atoms with Crippen LogP contribution in [0.2, 0.25) is 0 Å². The molecule has 1 saturated heterocycles. The number of para-hydroxylation sites is 1. The van der Waals surface area contributed by atoms with Crippen molar-refractivity contribution in [3.05, 3.63) is 53.6 Å². The minimum atomic E-state index is -0.486. The molecule has 2 aliphatic rings. The molecule has 31 heavy (non-hydrogen) atoms.